The standard InChI is InChI=1S/C24H23NO2/c1-2-21-10-6-7-11-23(21)25-24(26)17-14-19-12-15-22(16-13-19)27-18-20-8-4-3-5-9-20/h3-17H,2,18H2,1H3,(H,25,26)/b17-14+. The molecule has 0 unspecified atom stereocenters. The number of hydrogen-bond acceptors (Lipinski definition) is 2. The molecule has 0 saturated heterocycles. The third kappa shape index (κ3) is 5.58. The summed E-state index contributed by atoms with van der Waals surface area (Å²) in [5, 5.41) is 2.93. The highest BCUT2D eigenvalue weighted by molar-refractivity contribution is 6.02. The highest BCUT2D eigenvalue weighted by Gasteiger charge is 2.02. The van der Waals surface area contributed by atoms with Gasteiger partial charge in [-0.15, -0.1) is 0 Å². The normalized spacial score (nSPS) is 10.7. The number of hydrogen-bond donors (Lipinski definition) is 1. The van der Waals surface area contributed by atoms with Gasteiger partial charge in [0.2, 0.25) is 5.91 Å². The van der Waals surface area contributed by atoms with E-state index in [1.807, 2.05) is 78.9 Å². The van der Waals surface area contributed by atoms with Crippen LogP contribution in [0.15, 0.2) is 84.9 Å². The molecule has 3 aromatic rings. The average molecular weight is 357 g/mol. The van der Waals surface area contributed by atoms with Crippen LogP contribution in [0.1, 0.15) is 23.6 Å². The molecule has 0 spiro atoms. The van der Waals surface area contributed by atoms with Crippen LogP contribution in [0.3, 0.4) is 0 Å². The molecule has 0 saturated carbocycles. The fraction of sp³-hybridized carbons (Fsp3) is 0.125. The van der Waals surface area contributed by atoms with E-state index in [2.05, 4.69) is 12.2 Å². The fourth-order valence-electron chi connectivity index (χ4n) is 2.71. The van der Waals surface area contributed by atoms with E-state index in [-0.39, 0.29) is 5.91 Å². The Morgan fingerprint density at radius 2 is 1.63 bits per heavy atom. The lowest BCUT2D eigenvalue weighted by Crippen LogP contribution is -2.09. The number of ether oxygens (including phenoxy) is 1. The topological polar surface area (TPSA) is 38.3 Å². The Hall–Kier alpha value is -3.33. The van der Waals surface area contributed by atoms with Crippen LogP contribution in [0, 0.1) is 0 Å². The lowest BCUT2D eigenvalue weighted by molar-refractivity contribution is -0.111. The zero-order chi connectivity index (χ0) is 18.9. The summed E-state index contributed by atoms with van der Waals surface area (Å²) >= 11 is 0. The largest absolute Gasteiger partial charge is 0.489 e. The van der Waals surface area contributed by atoms with Crippen molar-refractivity contribution in [2.24, 2.45) is 0 Å². The molecule has 0 heterocycles. The molecule has 0 aromatic heterocycles. The molecule has 0 radical (unpaired) electrons. The van der Waals surface area contributed by atoms with E-state index in [4.69, 9.17) is 4.74 Å². The first-order chi connectivity index (χ1) is 13.2. The minimum Gasteiger partial charge on any atom is -0.489 e. The number of rotatable bonds is 7. The maximum Gasteiger partial charge on any atom is 0.248 e. The third-order valence-corrected chi connectivity index (χ3v) is 4.21. The molecule has 27 heavy (non-hydrogen) atoms. The van der Waals surface area contributed by atoms with Gasteiger partial charge in [0.15, 0.2) is 0 Å². The Morgan fingerprint density at radius 1 is 0.926 bits per heavy atom. The first-order valence-electron chi connectivity index (χ1n) is 9.08. The SMILES string of the molecule is CCc1ccccc1NC(=O)/C=C/c1ccc(OCc2ccccc2)cc1. The molecular formula is C24H23NO2. The highest BCUT2D eigenvalue weighted by Crippen LogP contribution is 2.17. The van der Waals surface area contributed by atoms with Crippen molar-refractivity contribution in [2.45, 2.75) is 20.0 Å². The van der Waals surface area contributed by atoms with Gasteiger partial charge in [-0.3, -0.25) is 4.79 Å². The van der Waals surface area contributed by atoms with Gasteiger partial charge >= 0.3 is 0 Å². The number of carbonyl (C=O) groups excluding carboxylic acids is 1. The number of para-hydroxylation sites is 1. The summed E-state index contributed by atoms with van der Waals surface area (Å²) in [5.74, 6) is 0.664. The molecule has 1 N–H and O–H groups in total. The zero-order valence-electron chi connectivity index (χ0n) is 15.4. The maximum absolute atomic E-state index is 12.2. The molecule has 3 heteroatoms. The molecule has 0 atom stereocenters. The van der Waals surface area contributed by atoms with Gasteiger partial charge in [0.05, 0.1) is 0 Å². The smallest absolute Gasteiger partial charge is 0.248 e. The van der Waals surface area contributed by atoms with Crippen molar-refractivity contribution in [1.82, 2.24) is 0 Å². The van der Waals surface area contributed by atoms with Crippen LogP contribution in [-0.4, -0.2) is 5.91 Å². The Balaban J connectivity index is 1.55. The van der Waals surface area contributed by atoms with Crippen LogP contribution in [0.25, 0.3) is 6.08 Å². The molecule has 0 aliphatic heterocycles. The predicted molar refractivity (Wildman–Crippen MR) is 111 cm³/mol. The summed E-state index contributed by atoms with van der Waals surface area (Å²) in [6, 6.07) is 25.6. The molecule has 0 aliphatic carbocycles. The monoisotopic (exact) mass is 357 g/mol. The van der Waals surface area contributed by atoms with Crippen molar-refractivity contribution in [3.8, 4) is 5.75 Å². The zero-order valence-corrected chi connectivity index (χ0v) is 15.4. The van der Waals surface area contributed by atoms with Crippen molar-refractivity contribution in [1.29, 1.82) is 0 Å². The number of benzene rings is 3. The Bertz CT molecular complexity index is 899. The first kappa shape index (κ1) is 18.5. The van der Waals surface area contributed by atoms with Crippen LogP contribution < -0.4 is 10.1 Å². The molecule has 3 aromatic carbocycles. The second kappa shape index (κ2) is 9.39. The third-order valence-electron chi connectivity index (χ3n) is 4.21. The van der Waals surface area contributed by atoms with E-state index in [9.17, 15) is 4.79 Å². The second-order valence-electron chi connectivity index (χ2n) is 6.18. The molecule has 0 fully saturated rings. The Kier molecular flexibility index (Phi) is 6.42. The van der Waals surface area contributed by atoms with Crippen molar-refractivity contribution in [3.63, 3.8) is 0 Å². The predicted octanol–water partition coefficient (Wildman–Crippen LogP) is 5.48. The number of carbonyl (C=O) groups is 1. The lowest BCUT2D eigenvalue weighted by atomic mass is 10.1. The maximum atomic E-state index is 12.2. The Morgan fingerprint density at radius 3 is 2.37 bits per heavy atom. The van der Waals surface area contributed by atoms with Crippen LogP contribution in [0.5, 0.6) is 5.75 Å². The van der Waals surface area contributed by atoms with Crippen LogP contribution in [0.4, 0.5) is 5.69 Å². The van der Waals surface area contributed by atoms with Crippen molar-refractivity contribution >= 4 is 17.7 Å². The number of amides is 1. The van der Waals surface area contributed by atoms with E-state index in [0.717, 1.165) is 34.5 Å². The molecule has 3 rings (SSSR count). The molecule has 0 bridgehead atoms. The molecule has 3 nitrogen and oxygen atoms in total. The van der Waals surface area contributed by atoms with E-state index in [1.54, 1.807) is 12.2 Å². The van der Waals surface area contributed by atoms with E-state index < -0.39 is 0 Å². The van der Waals surface area contributed by atoms with Gasteiger partial charge in [0, 0.05) is 11.8 Å². The molecule has 136 valence electrons. The average Bonchev–Trinajstić information content (AvgIpc) is 2.72. The summed E-state index contributed by atoms with van der Waals surface area (Å²) in [6.07, 6.45) is 4.22. The van der Waals surface area contributed by atoms with Crippen LogP contribution in [0.2, 0.25) is 0 Å². The molecular weight excluding hydrogens is 334 g/mol. The highest BCUT2D eigenvalue weighted by atomic mass is 16.5. The van der Waals surface area contributed by atoms with Gasteiger partial charge in [-0.05, 0) is 47.4 Å². The number of nitrogens with one attached hydrogen (secondary N) is 1. The summed E-state index contributed by atoms with van der Waals surface area (Å²) in [5.41, 5.74) is 4.06. The van der Waals surface area contributed by atoms with Crippen molar-refractivity contribution in [2.75, 3.05) is 5.32 Å². The van der Waals surface area contributed by atoms with Gasteiger partial charge in [-0.1, -0.05) is 67.6 Å². The van der Waals surface area contributed by atoms with E-state index >= 15 is 0 Å². The van der Waals surface area contributed by atoms with E-state index in [0.29, 0.717) is 6.61 Å². The number of anilines is 1. The molecule has 0 aliphatic rings. The summed E-state index contributed by atoms with van der Waals surface area (Å²) in [6.45, 7) is 2.61. The van der Waals surface area contributed by atoms with Crippen molar-refractivity contribution < 1.29 is 9.53 Å². The van der Waals surface area contributed by atoms with Gasteiger partial charge in [-0.2, -0.15) is 0 Å². The quantitative estimate of drug-likeness (QED) is 0.569. The van der Waals surface area contributed by atoms with Crippen molar-refractivity contribution in [3.05, 3.63) is 102 Å². The van der Waals surface area contributed by atoms with Gasteiger partial charge in [-0.25, -0.2) is 0 Å². The Labute approximate surface area is 160 Å². The minimum atomic E-state index is -0.139. The molecule has 1 amide bonds. The fourth-order valence-corrected chi connectivity index (χ4v) is 2.71. The van der Waals surface area contributed by atoms with Crippen LogP contribution in [-0.2, 0) is 17.8 Å². The van der Waals surface area contributed by atoms with Gasteiger partial charge in [0.1, 0.15) is 12.4 Å². The number of aryl methyl sites for hydroxylation is 1. The summed E-state index contributed by atoms with van der Waals surface area (Å²) < 4.78 is 5.77. The van der Waals surface area contributed by atoms with Gasteiger partial charge in [0.25, 0.3) is 0 Å². The van der Waals surface area contributed by atoms with E-state index in [1.165, 1.54) is 0 Å². The van der Waals surface area contributed by atoms with Crippen LogP contribution >= 0.6 is 0 Å². The minimum absolute atomic E-state index is 0.139. The summed E-state index contributed by atoms with van der Waals surface area (Å²) in [7, 11) is 0. The van der Waals surface area contributed by atoms with Gasteiger partial charge < -0.3 is 10.1 Å². The lowest BCUT2D eigenvalue weighted by Gasteiger charge is -2.07. The second-order valence-corrected chi connectivity index (χ2v) is 6.18. The summed E-state index contributed by atoms with van der Waals surface area (Å²) in [4.78, 5) is 12.2. The first-order valence-corrected chi connectivity index (χ1v) is 9.08.